The highest BCUT2D eigenvalue weighted by Crippen LogP contribution is 2.30. The van der Waals surface area contributed by atoms with Crippen LogP contribution in [0.1, 0.15) is 19.5 Å². The number of rotatable bonds is 5. The Labute approximate surface area is 125 Å². The first-order valence-electron chi connectivity index (χ1n) is 6.35. The van der Waals surface area contributed by atoms with E-state index in [2.05, 4.69) is 50.2 Å². The van der Waals surface area contributed by atoms with Crippen LogP contribution in [0.15, 0.2) is 28.1 Å². The van der Waals surface area contributed by atoms with E-state index in [0.717, 1.165) is 21.7 Å². The third-order valence-corrected chi connectivity index (χ3v) is 4.69. The molecular formula is C12H16N6S2. The van der Waals surface area contributed by atoms with Gasteiger partial charge in [-0.1, -0.05) is 13.8 Å². The summed E-state index contributed by atoms with van der Waals surface area (Å²) in [6.45, 7) is 5.07. The molecule has 0 aromatic carbocycles. The van der Waals surface area contributed by atoms with Crippen LogP contribution in [0, 0.1) is 0 Å². The van der Waals surface area contributed by atoms with E-state index >= 15 is 0 Å². The molecule has 0 aliphatic heterocycles. The van der Waals surface area contributed by atoms with Crippen molar-refractivity contribution in [2.45, 2.75) is 36.6 Å². The summed E-state index contributed by atoms with van der Waals surface area (Å²) in [6, 6.07) is 0.437. The smallest absolute Gasteiger partial charge is 0.194 e. The molecule has 0 bridgehead atoms. The molecule has 20 heavy (non-hydrogen) atoms. The quantitative estimate of drug-likeness (QED) is 0.783. The van der Waals surface area contributed by atoms with Gasteiger partial charge in [0.15, 0.2) is 10.1 Å². The average molecular weight is 308 g/mol. The lowest BCUT2D eigenvalue weighted by Gasteiger charge is -2.08. The van der Waals surface area contributed by atoms with Gasteiger partial charge in [-0.25, -0.2) is 14.6 Å². The molecule has 0 radical (unpaired) electrons. The molecule has 0 unspecified atom stereocenters. The van der Waals surface area contributed by atoms with Crippen molar-refractivity contribution in [3.05, 3.63) is 23.6 Å². The molecule has 0 aliphatic carbocycles. The number of nitrogens with zero attached hydrogens (tertiary/aromatic N) is 5. The third-order valence-electron chi connectivity index (χ3n) is 2.86. The van der Waals surface area contributed by atoms with Crippen molar-refractivity contribution in [1.82, 2.24) is 29.5 Å². The van der Waals surface area contributed by atoms with Crippen LogP contribution < -0.4 is 5.32 Å². The fourth-order valence-corrected chi connectivity index (χ4v) is 3.48. The van der Waals surface area contributed by atoms with Gasteiger partial charge in [0.05, 0.1) is 5.69 Å². The fraction of sp³-hybridized carbons (Fsp3) is 0.417. The van der Waals surface area contributed by atoms with Crippen molar-refractivity contribution in [2.75, 3.05) is 0 Å². The molecule has 1 N–H and O–H groups in total. The van der Waals surface area contributed by atoms with Crippen molar-refractivity contribution in [2.24, 2.45) is 7.05 Å². The van der Waals surface area contributed by atoms with Crippen LogP contribution >= 0.6 is 23.1 Å². The largest absolute Gasteiger partial charge is 0.309 e. The zero-order chi connectivity index (χ0) is 14.1. The maximum absolute atomic E-state index is 4.69. The first kappa shape index (κ1) is 13.6. The highest BCUT2D eigenvalue weighted by atomic mass is 32.2. The molecule has 0 amide bonds. The van der Waals surface area contributed by atoms with Gasteiger partial charge in [-0.15, -0.1) is 11.3 Å². The number of hydrogen-bond acceptors (Lipinski definition) is 6. The molecule has 3 aromatic rings. The van der Waals surface area contributed by atoms with Gasteiger partial charge in [-0.05, 0) is 11.8 Å². The van der Waals surface area contributed by atoms with E-state index in [1.807, 2.05) is 7.05 Å². The highest BCUT2D eigenvalue weighted by Gasteiger charge is 2.16. The summed E-state index contributed by atoms with van der Waals surface area (Å²) in [6.07, 6.45) is 3.62. The van der Waals surface area contributed by atoms with E-state index < -0.39 is 0 Å². The monoisotopic (exact) mass is 308 g/mol. The molecule has 0 aliphatic rings. The predicted molar refractivity (Wildman–Crippen MR) is 80.2 cm³/mol. The van der Waals surface area contributed by atoms with Crippen LogP contribution in [-0.2, 0) is 13.6 Å². The van der Waals surface area contributed by atoms with Gasteiger partial charge in [0, 0.05) is 31.2 Å². The van der Waals surface area contributed by atoms with Crippen LogP contribution in [0.25, 0.3) is 4.96 Å². The van der Waals surface area contributed by atoms with Crippen LogP contribution in [0.4, 0.5) is 0 Å². The molecule has 3 rings (SSSR count). The first-order chi connectivity index (χ1) is 9.65. The zero-order valence-electron chi connectivity index (χ0n) is 11.6. The number of thiazole rings is 1. The van der Waals surface area contributed by atoms with Gasteiger partial charge >= 0.3 is 0 Å². The standard InChI is InChI=1S/C12H16N6S2/c1-8(2)13-6-9-10(16-12-18(9)4-5-19-12)20-11-14-7-15-17(11)3/h4-5,7-8,13H,6H2,1-3H3. The topological polar surface area (TPSA) is 60.0 Å². The van der Waals surface area contributed by atoms with E-state index in [4.69, 9.17) is 0 Å². The lowest BCUT2D eigenvalue weighted by Crippen LogP contribution is -2.22. The Morgan fingerprint density at radius 3 is 3.00 bits per heavy atom. The summed E-state index contributed by atoms with van der Waals surface area (Å²) in [5.41, 5.74) is 1.17. The second-order valence-corrected chi connectivity index (χ2v) is 6.55. The molecule has 0 fully saturated rings. The molecular weight excluding hydrogens is 292 g/mol. The molecule has 0 atom stereocenters. The Hall–Kier alpha value is -1.38. The van der Waals surface area contributed by atoms with E-state index in [1.54, 1.807) is 34.1 Å². The van der Waals surface area contributed by atoms with E-state index in [0.29, 0.717) is 6.04 Å². The maximum atomic E-state index is 4.69. The minimum absolute atomic E-state index is 0.437. The highest BCUT2D eigenvalue weighted by molar-refractivity contribution is 7.99. The third kappa shape index (κ3) is 2.58. The number of fused-ring (bicyclic) bond motifs is 1. The Balaban J connectivity index is 1.94. The summed E-state index contributed by atoms with van der Waals surface area (Å²) in [5.74, 6) is 0. The number of aromatic nitrogens is 5. The number of imidazole rings is 1. The number of aryl methyl sites for hydroxylation is 1. The van der Waals surface area contributed by atoms with Crippen molar-refractivity contribution in [1.29, 1.82) is 0 Å². The number of hydrogen-bond donors (Lipinski definition) is 1. The zero-order valence-corrected chi connectivity index (χ0v) is 13.2. The van der Waals surface area contributed by atoms with E-state index in [-0.39, 0.29) is 0 Å². The van der Waals surface area contributed by atoms with Crippen LogP contribution in [0.5, 0.6) is 0 Å². The molecule has 3 heterocycles. The van der Waals surface area contributed by atoms with Crippen LogP contribution in [0.3, 0.4) is 0 Å². The Morgan fingerprint density at radius 1 is 1.45 bits per heavy atom. The molecule has 8 heteroatoms. The minimum Gasteiger partial charge on any atom is -0.309 e. The predicted octanol–water partition coefficient (Wildman–Crippen LogP) is 2.17. The van der Waals surface area contributed by atoms with Crippen molar-refractivity contribution in [3.63, 3.8) is 0 Å². The van der Waals surface area contributed by atoms with Gasteiger partial charge in [-0.3, -0.25) is 4.40 Å². The van der Waals surface area contributed by atoms with Gasteiger partial charge in [-0.2, -0.15) is 5.10 Å². The fourth-order valence-electron chi connectivity index (χ4n) is 1.82. The molecule has 6 nitrogen and oxygen atoms in total. The van der Waals surface area contributed by atoms with E-state index in [9.17, 15) is 0 Å². The summed E-state index contributed by atoms with van der Waals surface area (Å²) in [4.78, 5) is 9.95. The Bertz CT molecular complexity index is 710. The van der Waals surface area contributed by atoms with E-state index in [1.165, 1.54) is 5.69 Å². The van der Waals surface area contributed by atoms with Crippen molar-refractivity contribution < 1.29 is 0 Å². The van der Waals surface area contributed by atoms with Gasteiger partial charge < -0.3 is 5.32 Å². The summed E-state index contributed by atoms with van der Waals surface area (Å²) in [5, 5.41) is 11.4. The Morgan fingerprint density at radius 2 is 2.30 bits per heavy atom. The summed E-state index contributed by atoms with van der Waals surface area (Å²) in [7, 11) is 1.89. The van der Waals surface area contributed by atoms with Crippen LogP contribution in [0.2, 0.25) is 0 Å². The Kier molecular flexibility index (Phi) is 3.77. The normalized spacial score (nSPS) is 11.8. The lowest BCUT2D eigenvalue weighted by molar-refractivity contribution is 0.574. The maximum Gasteiger partial charge on any atom is 0.194 e. The lowest BCUT2D eigenvalue weighted by atomic mass is 10.3. The van der Waals surface area contributed by atoms with Gasteiger partial charge in [0.25, 0.3) is 0 Å². The molecule has 0 spiro atoms. The van der Waals surface area contributed by atoms with Gasteiger partial charge in [0.2, 0.25) is 0 Å². The molecule has 0 saturated carbocycles. The average Bonchev–Trinajstić information content (AvgIpc) is 3.05. The SMILES string of the molecule is CC(C)NCc1c(Sc2ncnn2C)nc2sccn12. The molecule has 106 valence electrons. The molecule has 0 saturated heterocycles. The number of nitrogens with one attached hydrogen (secondary N) is 1. The summed E-state index contributed by atoms with van der Waals surface area (Å²) < 4.78 is 3.90. The second-order valence-electron chi connectivity index (χ2n) is 4.72. The van der Waals surface area contributed by atoms with Crippen molar-refractivity contribution in [3.8, 4) is 0 Å². The summed E-state index contributed by atoms with van der Waals surface area (Å²) >= 11 is 3.19. The minimum atomic E-state index is 0.437. The van der Waals surface area contributed by atoms with Crippen molar-refractivity contribution >= 4 is 28.1 Å². The van der Waals surface area contributed by atoms with Gasteiger partial charge in [0.1, 0.15) is 11.4 Å². The van der Waals surface area contributed by atoms with Crippen LogP contribution in [-0.4, -0.2) is 30.2 Å². The second kappa shape index (κ2) is 5.55. The molecule has 3 aromatic heterocycles. The first-order valence-corrected chi connectivity index (χ1v) is 8.04.